The molecule has 0 aliphatic carbocycles. The van der Waals surface area contributed by atoms with Crippen LogP contribution in [0.1, 0.15) is 11.1 Å². The van der Waals surface area contributed by atoms with Crippen molar-refractivity contribution in [3.63, 3.8) is 0 Å². The van der Waals surface area contributed by atoms with Gasteiger partial charge in [-0.25, -0.2) is 0 Å². The van der Waals surface area contributed by atoms with E-state index in [9.17, 15) is 13.2 Å². The molecule has 1 heterocycles. The third-order valence-corrected chi connectivity index (χ3v) is 3.23. The quantitative estimate of drug-likeness (QED) is 0.730. The standard InChI is InChI=1S/C11H6BrClF3NO/c12-10-8(5-13)9(17-18-10)6-2-1-3-7(4-6)11(14,15)16/h1-4H,5H2. The summed E-state index contributed by atoms with van der Waals surface area (Å²) in [5.41, 5.74) is 0.411. The Hall–Kier alpha value is -1.01. The minimum atomic E-state index is -4.39. The number of rotatable bonds is 2. The number of hydrogen-bond acceptors (Lipinski definition) is 2. The van der Waals surface area contributed by atoms with Crippen LogP contribution in [0.15, 0.2) is 33.5 Å². The maximum atomic E-state index is 12.6. The van der Waals surface area contributed by atoms with Crippen LogP contribution in [0.2, 0.25) is 0 Å². The molecule has 0 N–H and O–H groups in total. The summed E-state index contributed by atoms with van der Waals surface area (Å²) in [5.74, 6) is 0.0929. The molecule has 0 aliphatic rings. The number of halogens is 5. The van der Waals surface area contributed by atoms with Crippen LogP contribution >= 0.6 is 27.5 Å². The molecule has 0 atom stereocenters. The van der Waals surface area contributed by atoms with Gasteiger partial charge in [-0.05, 0) is 28.1 Å². The smallest absolute Gasteiger partial charge is 0.348 e. The van der Waals surface area contributed by atoms with Crippen LogP contribution in [0.3, 0.4) is 0 Å². The normalized spacial score (nSPS) is 11.8. The van der Waals surface area contributed by atoms with E-state index >= 15 is 0 Å². The molecule has 1 aromatic carbocycles. The van der Waals surface area contributed by atoms with Crippen LogP contribution in [0.25, 0.3) is 11.3 Å². The predicted molar refractivity (Wildman–Crippen MR) is 64.2 cm³/mol. The highest BCUT2D eigenvalue weighted by molar-refractivity contribution is 9.10. The van der Waals surface area contributed by atoms with Crippen molar-refractivity contribution in [2.75, 3.05) is 0 Å². The lowest BCUT2D eigenvalue weighted by molar-refractivity contribution is -0.137. The van der Waals surface area contributed by atoms with Crippen molar-refractivity contribution in [3.05, 3.63) is 40.1 Å². The van der Waals surface area contributed by atoms with E-state index in [0.717, 1.165) is 12.1 Å². The first-order valence-electron chi connectivity index (χ1n) is 4.81. The molecular weight excluding hydrogens is 334 g/mol. The number of benzene rings is 1. The number of aromatic nitrogens is 1. The first-order chi connectivity index (χ1) is 8.43. The Balaban J connectivity index is 2.51. The van der Waals surface area contributed by atoms with Crippen molar-refractivity contribution in [3.8, 4) is 11.3 Å². The topological polar surface area (TPSA) is 26.0 Å². The molecule has 1 aromatic heterocycles. The van der Waals surface area contributed by atoms with E-state index in [1.54, 1.807) is 0 Å². The third kappa shape index (κ3) is 2.54. The van der Waals surface area contributed by atoms with Crippen LogP contribution in [-0.4, -0.2) is 5.16 Å². The van der Waals surface area contributed by atoms with Gasteiger partial charge in [0, 0.05) is 11.1 Å². The molecule has 0 unspecified atom stereocenters. The lowest BCUT2D eigenvalue weighted by atomic mass is 10.1. The molecule has 0 radical (unpaired) electrons. The highest BCUT2D eigenvalue weighted by Crippen LogP contribution is 2.34. The second-order valence-electron chi connectivity index (χ2n) is 3.50. The molecule has 0 amide bonds. The van der Waals surface area contributed by atoms with Crippen LogP contribution in [0.4, 0.5) is 13.2 Å². The molecule has 0 spiro atoms. The zero-order valence-corrected chi connectivity index (χ0v) is 11.1. The summed E-state index contributed by atoms with van der Waals surface area (Å²) in [6.07, 6.45) is -4.39. The molecule has 96 valence electrons. The van der Waals surface area contributed by atoms with E-state index in [2.05, 4.69) is 21.1 Å². The number of hydrogen-bond donors (Lipinski definition) is 0. The Labute approximate surface area is 114 Å². The fourth-order valence-electron chi connectivity index (χ4n) is 1.47. The first-order valence-corrected chi connectivity index (χ1v) is 6.14. The summed E-state index contributed by atoms with van der Waals surface area (Å²) in [7, 11) is 0. The first kappa shape index (κ1) is 13.4. The Morgan fingerprint density at radius 1 is 1.33 bits per heavy atom. The number of alkyl halides is 4. The fraction of sp³-hybridized carbons (Fsp3) is 0.182. The van der Waals surface area contributed by atoms with E-state index in [1.165, 1.54) is 12.1 Å². The van der Waals surface area contributed by atoms with Gasteiger partial charge in [-0.15, -0.1) is 11.6 Å². The van der Waals surface area contributed by atoms with Crippen LogP contribution in [0, 0.1) is 0 Å². The van der Waals surface area contributed by atoms with Crippen LogP contribution in [0.5, 0.6) is 0 Å². The highest BCUT2D eigenvalue weighted by atomic mass is 79.9. The van der Waals surface area contributed by atoms with E-state index in [-0.39, 0.29) is 5.88 Å². The summed E-state index contributed by atoms with van der Waals surface area (Å²) in [5, 5.41) is 3.71. The molecule has 2 nitrogen and oxygen atoms in total. The van der Waals surface area contributed by atoms with Gasteiger partial charge >= 0.3 is 6.18 Å². The lowest BCUT2D eigenvalue weighted by Gasteiger charge is -2.07. The van der Waals surface area contributed by atoms with Crippen molar-refractivity contribution < 1.29 is 17.7 Å². The maximum absolute atomic E-state index is 12.6. The Bertz CT molecular complexity index is 568. The molecule has 7 heteroatoms. The lowest BCUT2D eigenvalue weighted by Crippen LogP contribution is -2.04. The molecule has 18 heavy (non-hydrogen) atoms. The Morgan fingerprint density at radius 3 is 2.67 bits per heavy atom. The van der Waals surface area contributed by atoms with E-state index < -0.39 is 11.7 Å². The van der Waals surface area contributed by atoms with Gasteiger partial charge in [0.05, 0.1) is 11.4 Å². The average Bonchev–Trinajstić information content (AvgIpc) is 2.69. The Morgan fingerprint density at radius 2 is 2.06 bits per heavy atom. The maximum Gasteiger partial charge on any atom is 0.416 e. The van der Waals surface area contributed by atoms with E-state index in [0.29, 0.717) is 21.5 Å². The molecule has 2 aromatic rings. The molecule has 0 saturated carbocycles. The van der Waals surface area contributed by atoms with Crippen molar-refractivity contribution in [2.45, 2.75) is 12.1 Å². The van der Waals surface area contributed by atoms with Gasteiger partial charge in [0.15, 0.2) is 0 Å². The van der Waals surface area contributed by atoms with Gasteiger partial charge in [-0.2, -0.15) is 13.2 Å². The zero-order valence-electron chi connectivity index (χ0n) is 8.76. The van der Waals surface area contributed by atoms with Gasteiger partial charge in [-0.3, -0.25) is 0 Å². The summed E-state index contributed by atoms with van der Waals surface area (Å²) in [6.45, 7) is 0. The monoisotopic (exact) mass is 339 g/mol. The number of nitrogens with zero attached hydrogens (tertiary/aromatic N) is 1. The molecule has 0 aliphatic heterocycles. The van der Waals surface area contributed by atoms with Gasteiger partial charge in [0.25, 0.3) is 0 Å². The molecule has 2 rings (SSSR count). The largest absolute Gasteiger partial charge is 0.416 e. The second kappa shape index (κ2) is 4.93. The summed E-state index contributed by atoms with van der Waals surface area (Å²) in [4.78, 5) is 0. The molecular formula is C11H6BrClF3NO. The minimum absolute atomic E-state index is 0.0929. The summed E-state index contributed by atoms with van der Waals surface area (Å²) in [6, 6.07) is 4.85. The highest BCUT2D eigenvalue weighted by Gasteiger charge is 2.31. The van der Waals surface area contributed by atoms with Gasteiger partial charge < -0.3 is 4.52 Å². The molecule has 0 saturated heterocycles. The van der Waals surface area contributed by atoms with Crippen molar-refractivity contribution in [1.82, 2.24) is 5.16 Å². The van der Waals surface area contributed by atoms with Gasteiger partial charge in [0.1, 0.15) is 5.69 Å². The van der Waals surface area contributed by atoms with Crippen molar-refractivity contribution in [2.24, 2.45) is 0 Å². The SMILES string of the molecule is FC(F)(F)c1cccc(-c2noc(Br)c2CCl)c1. The summed E-state index contributed by atoms with van der Waals surface area (Å²) < 4.78 is 43.0. The van der Waals surface area contributed by atoms with E-state index in [4.69, 9.17) is 16.1 Å². The summed E-state index contributed by atoms with van der Waals surface area (Å²) >= 11 is 8.80. The van der Waals surface area contributed by atoms with Crippen LogP contribution < -0.4 is 0 Å². The zero-order chi connectivity index (χ0) is 13.3. The second-order valence-corrected chi connectivity index (χ2v) is 4.48. The van der Waals surface area contributed by atoms with Crippen LogP contribution in [-0.2, 0) is 12.1 Å². The van der Waals surface area contributed by atoms with Crippen molar-refractivity contribution in [1.29, 1.82) is 0 Å². The molecule has 0 fully saturated rings. The molecule has 0 bridgehead atoms. The minimum Gasteiger partial charge on any atom is -0.348 e. The third-order valence-electron chi connectivity index (χ3n) is 2.34. The van der Waals surface area contributed by atoms with Gasteiger partial charge in [-0.1, -0.05) is 17.3 Å². The fourth-order valence-corrected chi connectivity index (χ4v) is 2.28. The predicted octanol–water partition coefficient (Wildman–Crippen LogP) is 4.86. The van der Waals surface area contributed by atoms with Crippen molar-refractivity contribution >= 4 is 27.5 Å². The van der Waals surface area contributed by atoms with E-state index in [1.807, 2.05) is 0 Å². The van der Waals surface area contributed by atoms with Gasteiger partial charge in [0.2, 0.25) is 4.67 Å². The average molecular weight is 341 g/mol. The Kier molecular flexibility index (Phi) is 3.68.